The van der Waals surface area contributed by atoms with Crippen molar-refractivity contribution >= 4 is 22.8 Å². The molecule has 0 aliphatic carbocycles. The number of nitrogens with two attached hydrogens (primary N) is 1. The van der Waals surface area contributed by atoms with Crippen molar-refractivity contribution in [3.63, 3.8) is 0 Å². The van der Waals surface area contributed by atoms with Gasteiger partial charge in [0.2, 0.25) is 5.95 Å². The Kier molecular flexibility index (Phi) is 6.73. The van der Waals surface area contributed by atoms with E-state index in [4.69, 9.17) is 15.5 Å². The van der Waals surface area contributed by atoms with Gasteiger partial charge < -0.3 is 19.9 Å². The van der Waals surface area contributed by atoms with Crippen molar-refractivity contribution in [1.82, 2.24) is 29.4 Å². The highest BCUT2D eigenvalue weighted by Gasteiger charge is 2.20. The summed E-state index contributed by atoms with van der Waals surface area (Å²) in [6, 6.07) is 6.09. The van der Waals surface area contributed by atoms with Gasteiger partial charge in [0.05, 0.1) is 25.0 Å². The number of aromatic nitrogens is 5. The molecule has 2 N–H and O–H groups in total. The van der Waals surface area contributed by atoms with Crippen LogP contribution in [0.4, 0.5) is 11.8 Å². The molecule has 0 atom stereocenters. The molecular formula is C27H34N8O. The topological polar surface area (TPSA) is 98.2 Å². The van der Waals surface area contributed by atoms with E-state index in [2.05, 4.69) is 48.5 Å². The number of anilines is 2. The van der Waals surface area contributed by atoms with E-state index in [0.29, 0.717) is 12.5 Å². The lowest BCUT2D eigenvalue weighted by Crippen LogP contribution is -2.47. The molecule has 0 radical (unpaired) electrons. The Hall–Kier alpha value is -3.72. The summed E-state index contributed by atoms with van der Waals surface area (Å²) in [4.78, 5) is 23.2. The summed E-state index contributed by atoms with van der Waals surface area (Å²) < 4.78 is 7.77. The zero-order valence-corrected chi connectivity index (χ0v) is 21.5. The van der Waals surface area contributed by atoms with Crippen molar-refractivity contribution in [1.29, 1.82) is 0 Å². The fourth-order valence-corrected chi connectivity index (χ4v) is 5.20. The number of nitrogen functional groups attached to an aromatic ring is 1. The smallest absolute Gasteiger partial charge is 0.222 e. The van der Waals surface area contributed by atoms with Crippen LogP contribution >= 0.6 is 0 Å². The number of aryl methyl sites for hydroxylation is 2. The lowest BCUT2D eigenvalue weighted by Gasteiger charge is -2.35. The number of nitrogens with zero attached hydrogens (tertiary/aromatic N) is 7. The lowest BCUT2D eigenvalue weighted by molar-refractivity contribution is 0.260. The Morgan fingerprint density at radius 2 is 1.83 bits per heavy atom. The molecular weight excluding hydrogens is 452 g/mol. The molecule has 4 aromatic rings. The van der Waals surface area contributed by atoms with Crippen molar-refractivity contribution in [3.8, 4) is 5.75 Å². The molecule has 0 saturated carbocycles. The highest BCUT2D eigenvalue weighted by atomic mass is 16.5. The summed E-state index contributed by atoms with van der Waals surface area (Å²) in [6.07, 6.45) is 6.85. The van der Waals surface area contributed by atoms with Crippen LogP contribution in [0.1, 0.15) is 28.1 Å². The molecule has 1 fully saturated rings. The second kappa shape index (κ2) is 10.1. The molecule has 9 heteroatoms. The maximum absolute atomic E-state index is 6.05. The van der Waals surface area contributed by atoms with Crippen LogP contribution in [-0.2, 0) is 13.0 Å². The maximum atomic E-state index is 6.05. The van der Waals surface area contributed by atoms with Crippen LogP contribution in [0, 0.1) is 20.8 Å². The summed E-state index contributed by atoms with van der Waals surface area (Å²) in [5.41, 5.74) is 12.1. The highest BCUT2D eigenvalue weighted by molar-refractivity contribution is 5.84. The molecule has 188 valence electrons. The van der Waals surface area contributed by atoms with E-state index in [0.717, 1.165) is 84.3 Å². The van der Waals surface area contributed by atoms with Crippen LogP contribution in [0.3, 0.4) is 0 Å². The number of hydrogen-bond acceptors (Lipinski definition) is 8. The van der Waals surface area contributed by atoms with Crippen LogP contribution < -0.4 is 15.4 Å². The predicted octanol–water partition coefficient (Wildman–Crippen LogP) is 3.15. The summed E-state index contributed by atoms with van der Waals surface area (Å²) in [6.45, 7) is 11.7. The maximum Gasteiger partial charge on any atom is 0.222 e. The summed E-state index contributed by atoms with van der Waals surface area (Å²) in [7, 11) is 1.70. The first kappa shape index (κ1) is 24.0. The second-order valence-corrected chi connectivity index (χ2v) is 9.46. The van der Waals surface area contributed by atoms with Crippen molar-refractivity contribution in [3.05, 3.63) is 64.9 Å². The Bertz CT molecular complexity index is 1360. The van der Waals surface area contributed by atoms with E-state index in [1.165, 1.54) is 5.56 Å². The average molecular weight is 487 g/mol. The molecule has 5 rings (SSSR count). The molecule has 9 nitrogen and oxygen atoms in total. The Morgan fingerprint density at radius 3 is 2.56 bits per heavy atom. The van der Waals surface area contributed by atoms with Crippen LogP contribution in [-0.4, -0.2) is 69.2 Å². The average Bonchev–Trinajstić information content (AvgIpc) is 3.23. The van der Waals surface area contributed by atoms with Gasteiger partial charge in [-0.1, -0.05) is 6.07 Å². The highest BCUT2D eigenvalue weighted by Crippen LogP contribution is 2.28. The number of methoxy groups -OCH3 is 1. The first-order valence-electron chi connectivity index (χ1n) is 12.4. The van der Waals surface area contributed by atoms with Crippen molar-refractivity contribution in [2.24, 2.45) is 0 Å². The van der Waals surface area contributed by atoms with Gasteiger partial charge in [-0.25, -0.2) is 9.97 Å². The normalized spacial score (nSPS) is 14.5. The largest absolute Gasteiger partial charge is 0.496 e. The van der Waals surface area contributed by atoms with Gasteiger partial charge in [-0.15, -0.1) is 0 Å². The first-order valence-corrected chi connectivity index (χ1v) is 12.4. The quantitative estimate of drug-likeness (QED) is 0.425. The third-order valence-electron chi connectivity index (χ3n) is 7.11. The molecule has 0 amide bonds. The molecule has 4 aromatic heterocycles. The number of rotatable bonds is 7. The van der Waals surface area contributed by atoms with Gasteiger partial charge in [0.25, 0.3) is 0 Å². The Morgan fingerprint density at radius 1 is 1.03 bits per heavy atom. The van der Waals surface area contributed by atoms with E-state index in [-0.39, 0.29) is 0 Å². The summed E-state index contributed by atoms with van der Waals surface area (Å²) >= 11 is 0. The van der Waals surface area contributed by atoms with E-state index >= 15 is 0 Å². The first-order chi connectivity index (χ1) is 17.4. The van der Waals surface area contributed by atoms with Crippen LogP contribution in [0.2, 0.25) is 0 Å². The molecule has 0 bridgehead atoms. The number of pyridine rings is 2. The minimum Gasteiger partial charge on any atom is -0.496 e. The van der Waals surface area contributed by atoms with E-state index in [1.54, 1.807) is 7.11 Å². The van der Waals surface area contributed by atoms with Gasteiger partial charge >= 0.3 is 0 Å². The SMILES string of the molecule is COc1c(C)cnc(Cn2cc(CCN3CCN(c4ccccn4)CC3)c3c(C)nc(N)nc32)c1C. The monoisotopic (exact) mass is 486 g/mol. The fourth-order valence-electron chi connectivity index (χ4n) is 5.20. The molecule has 0 spiro atoms. The minimum absolute atomic E-state index is 0.294. The van der Waals surface area contributed by atoms with Crippen molar-refractivity contribution in [2.75, 3.05) is 50.5 Å². The Labute approximate surface area is 212 Å². The molecule has 1 aliphatic heterocycles. The standard InChI is InChI=1S/C27H34N8O/c1-18-15-30-22(19(2)25(18)36-4)17-35-16-21(24-20(3)31-27(28)32-26(24)35)8-10-33-11-13-34(14-12-33)23-7-5-6-9-29-23/h5-7,9,15-16H,8,10-14,17H2,1-4H3,(H2,28,31,32). The second-order valence-electron chi connectivity index (χ2n) is 9.46. The predicted molar refractivity (Wildman–Crippen MR) is 143 cm³/mol. The fraction of sp³-hybridized carbons (Fsp3) is 0.407. The lowest BCUT2D eigenvalue weighted by atomic mass is 10.1. The summed E-state index contributed by atoms with van der Waals surface area (Å²) in [5.74, 6) is 2.23. The van der Waals surface area contributed by atoms with Crippen LogP contribution in [0.15, 0.2) is 36.8 Å². The third-order valence-corrected chi connectivity index (χ3v) is 7.11. The zero-order valence-electron chi connectivity index (χ0n) is 21.5. The summed E-state index contributed by atoms with van der Waals surface area (Å²) in [5, 5.41) is 1.09. The zero-order chi connectivity index (χ0) is 25.2. The molecule has 5 heterocycles. The van der Waals surface area contributed by atoms with Crippen LogP contribution in [0.25, 0.3) is 11.0 Å². The Balaban J connectivity index is 1.35. The van der Waals surface area contributed by atoms with Gasteiger partial charge in [0.15, 0.2) is 0 Å². The van der Waals surface area contributed by atoms with Gasteiger partial charge in [-0.3, -0.25) is 9.88 Å². The van der Waals surface area contributed by atoms with Gasteiger partial charge in [0.1, 0.15) is 17.2 Å². The van der Waals surface area contributed by atoms with Crippen molar-refractivity contribution in [2.45, 2.75) is 33.7 Å². The van der Waals surface area contributed by atoms with Crippen LogP contribution in [0.5, 0.6) is 5.75 Å². The molecule has 1 saturated heterocycles. The van der Waals surface area contributed by atoms with E-state index < -0.39 is 0 Å². The molecule has 36 heavy (non-hydrogen) atoms. The van der Waals surface area contributed by atoms with Gasteiger partial charge in [0, 0.05) is 67.8 Å². The molecule has 1 aliphatic rings. The van der Waals surface area contributed by atoms with Crippen molar-refractivity contribution < 1.29 is 4.74 Å². The number of hydrogen-bond donors (Lipinski definition) is 1. The van der Waals surface area contributed by atoms with Gasteiger partial charge in [-0.05, 0) is 44.9 Å². The third kappa shape index (κ3) is 4.70. The van der Waals surface area contributed by atoms with E-state index in [9.17, 15) is 0 Å². The van der Waals surface area contributed by atoms with E-state index in [1.807, 2.05) is 38.4 Å². The number of piperazine rings is 1. The molecule has 0 unspecified atom stereocenters. The number of ether oxygens (including phenoxy) is 1. The number of fused-ring (bicyclic) bond motifs is 1. The molecule has 0 aromatic carbocycles. The minimum atomic E-state index is 0.294. The van der Waals surface area contributed by atoms with Gasteiger partial charge in [-0.2, -0.15) is 4.98 Å².